The van der Waals surface area contributed by atoms with Crippen LogP contribution in [-0.4, -0.2) is 22.6 Å². The first-order valence-corrected chi connectivity index (χ1v) is 9.66. The van der Waals surface area contributed by atoms with E-state index in [0.717, 1.165) is 20.3 Å². The van der Waals surface area contributed by atoms with Gasteiger partial charge in [0.25, 0.3) is 0 Å². The molecule has 1 heterocycles. The van der Waals surface area contributed by atoms with Gasteiger partial charge in [-0.15, -0.1) is 10.2 Å². The van der Waals surface area contributed by atoms with E-state index in [-0.39, 0.29) is 5.82 Å². The average molecular weight is 426 g/mol. The van der Waals surface area contributed by atoms with Crippen molar-refractivity contribution in [1.29, 1.82) is 0 Å². The molecule has 1 N–H and O–H groups in total. The van der Waals surface area contributed by atoms with Crippen LogP contribution in [0.3, 0.4) is 0 Å². The highest BCUT2D eigenvalue weighted by Gasteiger charge is 2.07. The summed E-state index contributed by atoms with van der Waals surface area (Å²) in [5, 5.41) is 11.6. The van der Waals surface area contributed by atoms with Gasteiger partial charge in [0, 0.05) is 10.2 Å². The van der Waals surface area contributed by atoms with Gasteiger partial charge >= 0.3 is 0 Å². The fourth-order valence-corrected chi connectivity index (χ4v) is 3.87. The molecule has 1 aromatic heterocycles. The fourth-order valence-electron chi connectivity index (χ4n) is 1.84. The molecule has 0 atom stereocenters. The summed E-state index contributed by atoms with van der Waals surface area (Å²) in [5.74, 6) is 1.26. The van der Waals surface area contributed by atoms with E-state index in [9.17, 15) is 4.39 Å². The van der Waals surface area contributed by atoms with E-state index in [1.165, 1.54) is 17.4 Å². The molecule has 0 radical (unpaired) electrons. The van der Waals surface area contributed by atoms with Crippen molar-refractivity contribution in [3.05, 3.63) is 58.8 Å². The first-order valence-electron chi connectivity index (χ1n) is 7.07. The van der Waals surface area contributed by atoms with Crippen molar-refractivity contribution in [3.8, 4) is 5.75 Å². The second kappa shape index (κ2) is 8.46. The summed E-state index contributed by atoms with van der Waals surface area (Å²) in [6.07, 6.45) is 0. The molecular formula is C16H13BrFN3OS2. The van der Waals surface area contributed by atoms with Gasteiger partial charge in [0.1, 0.15) is 11.6 Å². The Bertz CT molecular complexity index is 815. The number of anilines is 2. The molecule has 2 aromatic carbocycles. The van der Waals surface area contributed by atoms with E-state index >= 15 is 0 Å². The van der Waals surface area contributed by atoms with Gasteiger partial charge in [-0.2, -0.15) is 0 Å². The minimum atomic E-state index is -0.315. The molecule has 0 amide bonds. The molecule has 4 nitrogen and oxygen atoms in total. The monoisotopic (exact) mass is 425 g/mol. The van der Waals surface area contributed by atoms with Crippen LogP contribution in [-0.2, 0) is 0 Å². The molecule has 3 aromatic rings. The summed E-state index contributed by atoms with van der Waals surface area (Å²) < 4.78 is 21.1. The van der Waals surface area contributed by atoms with Gasteiger partial charge < -0.3 is 10.1 Å². The Labute approximate surface area is 155 Å². The largest absolute Gasteiger partial charge is 0.493 e. The number of benzene rings is 2. The van der Waals surface area contributed by atoms with E-state index in [1.807, 2.05) is 24.3 Å². The van der Waals surface area contributed by atoms with E-state index in [0.29, 0.717) is 17.4 Å². The lowest BCUT2D eigenvalue weighted by Gasteiger charge is -2.05. The van der Waals surface area contributed by atoms with Crippen molar-refractivity contribution in [3.63, 3.8) is 0 Å². The predicted molar refractivity (Wildman–Crippen MR) is 100.0 cm³/mol. The Kier molecular flexibility index (Phi) is 6.06. The van der Waals surface area contributed by atoms with Gasteiger partial charge in [0.2, 0.25) is 5.13 Å². The number of nitrogens with zero attached hydrogens (tertiary/aromatic N) is 2. The first kappa shape index (κ1) is 17.2. The van der Waals surface area contributed by atoms with E-state index in [4.69, 9.17) is 4.74 Å². The zero-order valence-electron chi connectivity index (χ0n) is 12.4. The zero-order chi connectivity index (χ0) is 16.8. The molecule has 8 heteroatoms. The Morgan fingerprint density at radius 3 is 2.88 bits per heavy atom. The molecule has 0 saturated heterocycles. The Morgan fingerprint density at radius 1 is 1.17 bits per heavy atom. The van der Waals surface area contributed by atoms with Crippen LogP contribution in [0.4, 0.5) is 15.2 Å². The summed E-state index contributed by atoms with van der Waals surface area (Å²) in [4.78, 5) is 0. The topological polar surface area (TPSA) is 47.0 Å². The van der Waals surface area contributed by atoms with Crippen LogP contribution in [0, 0.1) is 5.82 Å². The highest BCUT2D eigenvalue weighted by molar-refractivity contribution is 9.10. The minimum Gasteiger partial charge on any atom is -0.493 e. The highest BCUT2D eigenvalue weighted by Crippen LogP contribution is 2.28. The van der Waals surface area contributed by atoms with Gasteiger partial charge in [-0.25, -0.2) is 4.39 Å². The molecular weight excluding hydrogens is 413 g/mol. The maximum absolute atomic E-state index is 13.6. The number of nitrogens with one attached hydrogen (secondary N) is 1. The van der Waals surface area contributed by atoms with Crippen molar-refractivity contribution in [2.45, 2.75) is 4.34 Å². The third-order valence-electron chi connectivity index (χ3n) is 2.90. The summed E-state index contributed by atoms with van der Waals surface area (Å²) in [6.45, 7) is 0.566. The van der Waals surface area contributed by atoms with Crippen molar-refractivity contribution in [2.75, 3.05) is 17.7 Å². The van der Waals surface area contributed by atoms with Crippen molar-refractivity contribution < 1.29 is 9.13 Å². The number of aromatic nitrogens is 2. The zero-order valence-corrected chi connectivity index (χ0v) is 15.6. The number of halogens is 2. The van der Waals surface area contributed by atoms with Crippen molar-refractivity contribution in [2.24, 2.45) is 0 Å². The second-order valence-electron chi connectivity index (χ2n) is 4.63. The van der Waals surface area contributed by atoms with Crippen LogP contribution in [0.2, 0.25) is 0 Å². The standard InChI is InChI=1S/C16H13BrFN3OS2/c17-11-4-3-5-12(10-11)22-8-9-23-16-21-20-15(24-16)19-14-7-2-1-6-13(14)18/h1-7,10H,8-9H2,(H,19,20). The molecule has 0 aliphatic heterocycles. The number of hydrogen-bond acceptors (Lipinski definition) is 6. The number of hydrogen-bond donors (Lipinski definition) is 1. The number of ether oxygens (including phenoxy) is 1. The van der Waals surface area contributed by atoms with Crippen LogP contribution < -0.4 is 10.1 Å². The first-order chi connectivity index (χ1) is 11.7. The second-order valence-corrected chi connectivity index (χ2v) is 7.87. The molecule has 0 aliphatic rings. The lowest BCUT2D eigenvalue weighted by Crippen LogP contribution is -1.99. The number of thioether (sulfide) groups is 1. The minimum absolute atomic E-state index is 0.315. The van der Waals surface area contributed by atoms with Gasteiger partial charge in [0.15, 0.2) is 4.34 Å². The lowest BCUT2D eigenvalue weighted by atomic mass is 10.3. The average Bonchev–Trinajstić information content (AvgIpc) is 3.01. The van der Waals surface area contributed by atoms with Crippen LogP contribution in [0.25, 0.3) is 0 Å². The third kappa shape index (κ3) is 4.93. The number of para-hydroxylation sites is 1. The van der Waals surface area contributed by atoms with Crippen molar-refractivity contribution >= 4 is 49.8 Å². The molecule has 3 rings (SSSR count). The van der Waals surface area contributed by atoms with E-state index < -0.39 is 0 Å². The highest BCUT2D eigenvalue weighted by atomic mass is 79.9. The third-order valence-corrected chi connectivity index (χ3v) is 5.33. The maximum atomic E-state index is 13.6. The molecule has 24 heavy (non-hydrogen) atoms. The van der Waals surface area contributed by atoms with Gasteiger partial charge in [0.05, 0.1) is 12.3 Å². The van der Waals surface area contributed by atoms with E-state index in [2.05, 4.69) is 31.4 Å². The normalized spacial score (nSPS) is 10.6. The smallest absolute Gasteiger partial charge is 0.210 e. The molecule has 0 spiro atoms. The summed E-state index contributed by atoms with van der Waals surface area (Å²) >= 11 is 6.35. The van der Waals surface area contributed by atoms with Crippen LogP contribution in [0.1, 0.15) is 0 Å². The SMILES string of the molecule is Fc1ccccc1Nc1nnc(SCCOc2cccc(Br)c2)s1. The Morgan fingerprint density at radius 2 is 2.04 bits per heavy atom. The Balaban J connectivity index is 1.47. The summed E-state index contributed by atoms with van der Waals surface area (Å²) in [5.41, 5.74) is 0.392. The van der Waals surface area contributed by atoms with Crippen LogP contribution >= 0.6 is 39.0 Å². The molecule has 0 bridgehead atoms. The maximum Gasteiger partial charge on any atom is 0.210 e. The van der Waals surface area contributed by atoms with Crippen LogP contribution in [0.5, 0.6) is 5.75 Å². The molecule has 0 aliphatic carbocycles. The molecule has 0 unspecified atom stereocenters. The Hall–Kier alpha value is -1.64. The van der Waals surface area contributed by atoms with Gasteiger partial charge in [-0.05, 0) is 30.3 Å². The molecule has 124 valence electrons. The van der Waals surface area contributed by atoms with Gasteiger partial charge in [-0.1, -0.05) is 57.2 Å². The summed E-state index contributed by atoms with van der Waals surface area (Å²) in [7, 11) is 0. The molecule has 0 saturated carbocycles. The fraction of sp³-hybridized carbons (Fsp3) is 0.125. The quantitative estimate of drug-likeness (QED) is 0.408. The number of rotatable bonds is 7. The van der Waals surface area contributed by atoms with Gasteiger partial charge in [-0.3, -0.25) is 0 Å². The predicted octanol–water partition coefficient (Wildman–Crippen LogP) is 5.35. The molecule has 0 fully saturated rings. The van der Waals surface area contributed by atoms with Crippen molar-refractivity contribution in [1.82, 2.24) is 10.2 Å². The summed E-state index contributed by atoms with van der Waals surface area (Å²) in [6, 6.07) is 14.2. The lowest BCUT2D eigenvalue weighted by molar-refractivity contribution is 0.344. The van der Waals surface area contributed by atoms with E-state index in [1.54, 1.807) is 30.0 Å². The van der Waals surface area contributed by atoms with Crippen LogP contribution in [0.15, 0.2) is 57.3 Å².